The molecule has 0 bridgehead atoms. The van der Waals surface area contributed by atoms with Gasteiger partial charge in [0.1, 0.15) is 0 Å². The van der Waals surface area contributed by atoms with Gasteiger partial charge in [-0.05, 0) is 12.8 Å². The Morgan fingerprint density at radius 1 is 1.56 bits per heavy atom. The fraction of sp³-hybridized carbons (Fsp3) is 0.500. The first kappa shape index (κ1) is 6.94. The minimum Gasteiger partial charge on any atom is -0.154 e. The molecule has 1 heteroatoms. The van der Waals surface area contributed by atoms with Crippen LogP contribution in [0.25, 0.3) is 0 Å². The van der Waals surface area contributed by atoms with Gasteiger partial charge in [0, 0.05) is 11.0 Å². The molecule has 0 aromatic heterocycles. The third-order valence-electron chi connectivity index (χ3n) is 1.41. The quantitative estimate of drug-likeness (QED) is 0.543. The summed E-state index contributed by atoms with van der Waals surface area (Å²) in [6, 6.07) is 0. The SMILES string of the molecule is C=CCSC1CC=CC1. The molecule has 0 aliphatic heterocycles. The molecular weight excluding hydrogens is 128 g/mol. The van der Waals surface area contributed by atoms with Crippen molar-refractivity contribution < 1.29 is 0 Å². The molecule has 0 heterocycles. The van der Waals surface area contributed by atoms with Gasteiger partial charge in [-0.2, -0.15) is 11.8 Å². The molecule has 1 aliphatic rings. The van der Waals surface area contributed by atoms with Crippen LogP contribution in [0, 0.1) is 0 Å². The van der Waals surface area contributed by atoms with Crippen molar-refractivity contribution in [1.29, 1.82) is 0 Å². The summed E-state index contributed by atoms with van der Waals surface area (Å²) in [4.78, 5) is 0. The highest BCUT2D eigenvalue weighted by molar-refractivity contribution is 8.00. The smallest absolute Gasteiger partial charge is 0.0119 e. The van der Waals surface area contributed by atoms with E-state index < -0.39 is 0 Å². The summed E-state index contributed by atoms with van der Waals surface area (Å²) in [7, 11) is 0. The maximum absolute atomic E-state index is 3.68. The Labute approximate surface area is 61.0 Å². The van der Waals surface area contributed by atoms with Crippen molar-refractivity contribution in [2.75, 3.05) is 5.75 Å². The van der Waals surface area contributed by atoms with Gasteiger partial charge >= 0.3 is 0 Å². The largest absolute Gasteiger partial charge is 0.154 e. The molecule has 0 aromatic rings. The predicted octanol–water partition coefficient (Wildman–Crippen LogP) is 2.62. The van der Waals surface area contributed by atoms with Crippen LogP contribution in [0.15, 0.2) is 24.8 Å². The Morgan fingerprint density at radius 3 is 2.78 bits per heavy atom. The summed E-state index contributed by atoms with van der Waals surface area (Å²) in [6.07, 6.45) is 9.03. The van der Waals surface area contributed by atoms with Crippen LogP contribution < -0.4 is 0 Å². The second-order valence-corrected chi connectivity index (χ2v) is 3.52. The molecule has 0 nitrogen and oxygen atoms in total. The number of thioether (sulfide) groups is 1. The molecule has 0 amide bonds. The zero-order valence-corrected chi connectivity index (χ0v) is 6.36. The number of rotatable bonds is 3. The Hall–Kier alpha value is -0.170. The maximum Gasteiger partial charge on any atom is 0.0119 e. The predicted molar refractivity (Wildman–Crippen MR) is 44.8 cm³/mol. The first-order valence-corrected chi connectivity index (χ1v) is 4.36. The minimum atomic E-state index is 0.850. The fourth-order valence-electron chi connectivity index (χ4n) is 0.932. The molecule has 9 heavy (non-hydrogen) atoms. The summed E-state index contributed by atoms with van der Waals surface area (Å²) < 4.78 is 0. The van der Waals surface area contributed by atoms with Crippen LogP contribution in [0.3, 0.4) is 0 Å². The summed E-state index contributed by atoms with van der Waals surface area (Å²) >= 11 is 2.00. The van der Waals surface area contributed by atoms with Crippen LogP contribution in [0.4, 0.5) is 0 Å². The van der Waals surface area contributed by atoms with Crippen LogP contribution in [-0.2, 0) is 0 Å². The Morgan fingerprint density at radius 2 is 2.22 bits per heavy atom. The first-order chi connectivity index (χ1) is 4.43. The van der Waals surface area contributed by atoms with Crippen LogP contribution >= 0.6 is 11.8 Å². The van der Waals surface area contributed by atoms with Crippen molar-refractivity contribution in [2.24, 2.45) is 0 Å². The average molecular weight is 140 g/mol. The second kappa shape index (κ2) is 3.78. The Kier molecular flexibility index (Phi) is 2.92. The lowest BCUT2D eigenvalue weighted by atomic mass is 10.3. The van der Waals surface area contributed by atoms with Crippen molar-refractivity contribution in [1.82, 2.24) is 0 Å². The molecule has 0 radical (unpaired) electrons. The van der Waals surface area contributed by atoms with E-state index in [9.17, 15) is 0 Å². The summed E-state index contributed by atoms with van der Waals surface area (Å²) in [5.41, 5.74) is 0. The van der Waals surface area contributed by atoms with Gasteiger partial charge in [-0.25, -0.2) is 0 Å². The third-order valence-corrected chi connectivity index (χ3v) is 2.70. The van der Waals surface area contributed by atoms with Crippen molar-refractivity contribution in [3.8, 4) is 0 Å². The lowest BCUT2D eigenvalue weighted by molar-refractivity contribution is 0.954. The highest BCUT2D eigenvalue weighted by Crippen LogP contribution is 2.23. The fourth-order valence-corrected chi connectivity index (χ4v) is 1.84. The van der Waals surface area contributed by atoms with Crippen molar-refractivity contribution in [3.63, 3.8) is 0 Å². The van der Waals surface area contributed by atoms with Crippen LogP contribution in [0.2, 0.25) is 0 Å². The highest BCUT2D eigenvalue weighted by atomic mass is 32.2. The molecule has 0 saturated heterocycles. The van der Waals surface area contributed by atoms with Gasteiger partial charge in [-0.1, -0.05) is 18.2 Å². The zero-order chi connectivity index (χ0) is 6.53. The molecule has 1 rings (SSSR count). The normalized spacial score (nSPS) is 18.7. The summed E-state index contributed by atoms with van der Waals surface area (Å²) in [6.45, 7) is 3.68. The van der Waals surface area contributed by atoms with E-state index in [2.05, 4.69) is 18.7 Å². The molecule has 0 N–H and O–H groups in total. The van der Waals surface area contributed by atoms with Crippen LogP contribution in [0.1, 0.15) is 12.8 Å². The monoisotopic (exact) mass is 140 g/mol. The van der Waals surface area contributed by atoms with E-state index in [4.69, 9.17) is 0 Å². The Bertz CT molecular complexity index is 108. The molecule has 0 saturated carbocycles. The molecule has 1 aliphatic carbocycles. The summed E-state index contributed by atoms with van der Waals surface area (Å²) in [5, 5.41) is 0.850. The topological polar surface area (TPSA) is 0 Å². The molecule has 0 fully saturated rings. The van der Waals surface area contributed by atoms with Gasteiger partial charge in [-0.15, -0.1) is 6.58 Å². The summed E-state index contributed by atoms with van der Waals surface area (Å²) in [5.74, 6) is 1.10. The third kappa shape index (κ3) is 2.27. The Balaban J connectivity index is 2.07. The van der Waals surface area contributed by atoms with Gasteiger partial charge in [0.05, 0.1) is 0 Å². The van der Waals surface area contributed by atoms with E-state index in [0.717, 1.165) is 11.0 Å². The average Bonchev–Trinajstić information content (AvgIpc) is 2.34. The maximum atomic E-state index is 3.68. The van der Waals surface area contributed by atoms with Gasteiger partial charge in [-0.3, -0.25) is 0 Å². The first-order valence-electron chi connectivity index (χ1n) is 3.31. The lowest BCUT2D eigenvalue weighted by Crippen LogP contribution is -1.94. The van der Waals surface area contributed by atoms with E-state index in [-0.39, 0.29) is 0 Å². The van der Waals surface area contributed by atoms with E-state index in [0.29, 0.717) is 0 Å². The second-order valence-electron chi connectivity index (χ2n) is 2.19. The molecule has 0 aromatic carbocycles. The molecule has 0 atom stereocenters. The minimum absolute atomic E-state index is 0.850. The standard InChI is InChI=1S/C8H12S/c1-2-7-9-8-5-3-4-6-8/h2-4,8H,1,5-7H2. The van der Waals surface area contributed by atoms with Gasteiger partial charge in [0.15, 0.2) is 0 Å². The van der Waals surface area contributed by atoms with E-state index in [1.807, 2.05) is 17.8 Å². The lowest BCUT2D eigenvalue weighted by Gasteiger charge is -2.04. The van der Waals surface area contributed by atoms with E-state index >= 15 is 0 Å². The van der Waals surface area contributed by atoms with E-state index in [1.54, 1.807) is 0 Å². The van der Waals surface area contributed by atoms with Crippen molar-refractivity contribution in [2.45, 2.75) is 18.1 Å². The number of hydrogen-bond acceptors (Lipinski definition) is 1. The van der Waals surface area contributed by atoms with Crippen molar-refractivity contribution in [3.05, 3.63) is 24.8 Å². The van der Waals surface area contributed by atoms with E-state index in [1.165, 1.54) is 12.8 Å². The molecular formula is C8H12S. The van der Waals surface area contributed by atoms with Gasteiger partial charge < -0.3 is 0 Å². The van der Waals surface area contributed by atoms with Crippen LogP contribution in [0.5, 0.6) is 0 Å². The molecule has 50 valence electrons. The number of hydrogen-bond donors (Lipinski definition) is 0. The van der Waals surface area contributed by atoms with Gasteiger partial charge in [0.2, 0.25) is 0 Å². The molecule has 0 unspecified atom stereocenters. The zero-order valence-electron chi connectivity index (χ0n) is 5.55. The highest BCUT2D eigenvalue weighted by Gasteiger charge is 2.07. The van der Waals surface area contributed by atoms with Crippen LogP contribution in [-0.4, -0.2) is 11.0 Å². The number of allylic oxidation sites excluding steroid dienone is 2. The molecule has 0 spiro atoms. The van der Waals surface area contributed by atoms with Gasteiger partial charge in [0.25, 0.3) is 0 Å². The van der Waals surface area contributed by atoms with Crippen molar-refractivity contribution >= 4 is 11.8 Å².